The highest BCUT2D eigenvalue weighted by Gasteiger charge is 2.42. The van der Waals surface area contributed by atoms with Crippen molar-refractivity contribution in [3.05, 3.63) is 42.2 Å². The van der Waals surface area contributed by atoms with Crippen LogP contribution in [0.15, 0.2) is 30.7 Å². The number of anilines is 2. The number of carboxylic acids is 2. The maximum Gasteiger partial charge on any atom is 0.490 e. The molecule has 18 heteroatoms. The number of carboxylic acid groups (broad SMARTS) is 2. The number of fused-ring (bicyclic) bond motifs is 1. The van der Waals surface area contributed by atoms with Crippen molar-refractivity contribution in [3.8, 4) is 0 Å². The van der Waals surface area contributed by atoms with Crippen LogP contribution in [0, 0.1) is 18.7 Å². The maximum absolute atomic E-state index is 13.0. The summed E-state index contributed by atoms with van der Waals surface area (Å²) >= 11 is 0. The van der Waals surface area contributed by atoms with Gasteiger partial charge in [-0.25, -0.2) is 23.9 Å². The molecule has 3 atom stereocenters. The highest BCUT2D eigenvalue weighted by Crippen LogP contribution is 2.34. The van der Waals surface area contributed by atoms with Crippen LogP contribution in [0.25, 0.3) is 0 Å². The highest BCUT2D eigenvalue weighted by molar-refractivity contribution is 5.94. The molecule has 2 aliphatic rings. The van der Waals surface area contributed by atoms with Crippen LogP contribution in [0.1, 0.15) is 18.5 Å². The average molecular weight is 585 g/mol. The van der Waals surface area contributed by atoms with Crippen LogP contribution in [-0.4, -0.2) is 80.7 Å². The number of aliphatic carboxylic acids is 2. The lowest BCUT2D eigenvalue weighted by atomic mass is 9.92. The van der Waals surface area contributed by atoms with Gasteiger partial charge < -0.3 is 25.2 Å². The van der Waals surface area contributed by atoms with E-state index in [-0.39, 0.29) is 12.0 Å². The molecule has 220 valence electrons. The second kappa shape index (κ2) is 13.3. The molecule has 0 saturated carbocycles. The van der Waals surface area contributed by atoms with Crippen LogP contribution in [0.3, 0.4) is 0 Å². The van der Waals surface area contributed by atoms with Crippen LogP contribution in [0.4, 0.5) is 42.4 Å². The third-order valence-electron chi connectivity index (χ3n) is 5.48. The fourth-order valence-electron chi connectivity index (χ4n) is 3.58. The number of pyridine rings is 1. The number of piperidine rings is 1. The van der Waals surface area contributed by atoms with Gasteiger partial charge in [-0.2, -0.15) is 26.3 Å². The van der Waals surface area contributed by atoms with Gasteiger partial charge >= 0.3 is 24.3 Å². The van der Waals surface area contributed by atoms with Crippen molar-refractivity contribution in [1.82, 2.24) is 15.0 Å². The minimum atomic E-state index is -5.08. The predicted octanol–water partition coefficient (Wildman–Crippen LogP) is 3.21. The van der Waals surface area contributed by atoms with Crippen LogP contribution >= 0.6 is 0 Å². The molecular formula is C22H22F7N5O6. The third kappa shape index (κ3) is 9.58. The van der Waals surface area contributed by atoms with E-state index in [2.05, 4.69) is 20.3 Å². The second-order valence-electron chi connectivity index (χ2n) is 8.33. The van der Waals surface area contributed by atoms with Gasteiger partial charge in [-0.15, -0.1) is 0 Å². The van der Waals surface area contributed by atoms with Crippen molar-refractivity contribution in [3.63, 3.8) is 0 Å². The number of rotatable bonds is 3. The Labute approximate surface area is 221 Å². The molecule has 0 bridgehead atoms. The summed E-state index contributed by atoms with van der Waals surface area (Å²) in [4.78, 5) is 44.6. The first-order chi connectivity index (χ1) is 18.5. The first kappa shape index (κ1) is 32.1. The first-order valence-electron chi connectivity index (χ1n) is 11.2. The Kier molecular flexibility index (Phi) is 10.7. The van der Waals surface area contributed by atoms with E-state index >= 15 is 0 Å². The normalized spacial score (nSPS) is 20.2. The van der Waals surface area contributed by atoms with Crippen molar-refractivity contribution in [2.75, 3.05) is 23.3 Å². The molecule has 4 rings (SSSR count). The molecule has 2 fully saturated rings. The summed E-state index contributed by atoms with van der Waals surface area (Å²) in [7, 11) is 0. The van der Waals surface area contributed by atoms with Crippen LogP contribution in [0.2, 0.25) is 0 Å². The maximum atomic E-state index is 13.0. The van der Waals surface area contributed by atoms with Gasteiger partial charge in [0, 0.05) is 19.3 Å². The fraction of sp³-hybridized carbons (Fsp3) is 0.455. The van der Waals surface area contributed by atoms with Crippen LogP contribution < -0.4 is 10.2 Å². The molecule has 4 heterocycles. The SMILES string of the molecule is Cc1ncccc1NC(=O)[C@H]1C[C@@H]2CCN(c3ncc(F)cn3)C[C@@H]2O1.O=C(O)C(F)(F)F.O=C(O)C(F)(F)F. The van der Waals surface area contributed by atoms with Crippen molar-refractivity contribution in [2.45, 2.75) is 44.3 Å². The number of hydrogen-bond acceptors (Lipinski definition) is 8. The Bertz CT molecular complexity index is 1160. The summed E-state index contributed by atoms with van der Waals surface area (Å²) in [5, 5.41) is 17.2. The lowest BCUT2D eigenvalue weighted by Gasteiger charge is -2.33. The summed E-state index contributed by atoms with van der Waals surface area (Å²) in [5.41, 5.74) is 1.48. The average Bonchev–Trinajstić information content (AvgIpc) is 3.29. The third-order valence-corrected chi connectivity index (χ3v) is 5.48. The van der Waals surface area contributed by atoms with Crippen LogP contribution in [0.5, 0.6) is 0 Å². The number of nitrogens with zero attached hydrogens (tertiary/aromatic N) is 4. The second-order valence-corrected chi connectivity index (χ2v) is 8.33. The molecule has 1 amide bonds. The molecule has 40 heavy (non-hydrogen) atoms. The number of carbonyl (C=O) groups is 3. The fourth-order valence-corrected chi connectivity index (χ4v) is 3.58. The Morgan fingerprint density at radius 1 is 1.02 bits per heavy atom. The number of halogens is 7. The molecule has 11 nitrogen and oxygen atoms in total. The van der Waals surface area contributed by atoms with Crippen molar-refractivity contribution in [2.24, 2.45) is 5.92 Å². The van der Waals surface area contributed by atoms with E-state index in [4.69, 9.17) is 24.5 Å². The summed E-state index contributed by atoms with van der Waals surface area (Å²) in [5.74, 6) is -5.28. The molecule has 0 unspecified atom stereocenters. The van der Waals surface area contributed by atoms with E-state index in [9.17, 15) is 35.5 Å². The van der Waals surface area contributed by atoms with E-state index in [1.54, 1.807) is 12.3 Å². The highest BCUT2D eigenvalue weighted by atomic mass is 19.4. The Hall–Kier alpha value is -4.09. The van der Waals surface area contributed by atoms with Crippen LogP contribution in [-0.2, 0) is 19.1 Å². The van der Waals surface area contributed by atoms with Gasteiger partial charge in [0.15, 0.2) is 5.82 Å². The Balaban J connectivity index is 0.000000333. The number of hydrogen-bond donors (Lipinski definition) is 3. The molecule has 2 aliphatic heterocycles. The number of nitrogens with one attached hydrogen (secondary N) is 1. The zero-order chi connectivity index (χ0) is 30.3. The molecule has 0 aliphatic carbocycles. The monoisotopic (exact) mass is 585 g/mol. The van der Waals surface area contributed by atoms with Gasteiger partial charge in [-0.3, -0.25) is 9.78 Å². The van der Waals surface area contributed by atoms with Gasteiger partial charge in [0.05, 0.1) is 29.9 Å². The van der Waals surface area contributed by atoms with Gasteiger partial charge in [0.1, 0.15) is 6.10 Å². The molecular weight excluding hydrogens is 563 g/mol. The molecule has 0 aromatic carbocycles. The topological polar surface area (TPSA) is 155 Å². The van der Waals surface area contributed by atoms with Gasteiger partial charge in [-0.1, -0.05) is 0 Å². The molecule has 3 N–H and O–H groups in total. The van der Waals surface area contributed by atoms with E-state index in [1.165, 1.54) is 0 Å². The van der Waals surface area contributed by atoms with Gasteiger partial charge in [-0.05, 0) is 37.8 Å². The van der Waals surface area contributed by atoms with E-state index in [0.29, 0.717) is 30.5 Å². The summed E-state index contributed by atoms with van der Waals surface area (Å²) in [6.45, 7) is 3.23. The molecule has 2 aromatic rings. The number of aromatic nitrogens is 3. The molecule has 2 aromatic heterocycles. The first-order valence-corrected chi connectivity index (χ1v) is 11.2. The minimum Gasteiger partial charge on any atom is -0.475 e. The minimum absolute atomic E-state index is 0.0526. The number of aryl methyl sites for hydroxylation is 1. The number of amides is 1. The Morgan fingerprint density at radius 3 is 2.08 bits per heavy atom. The smallest absolute Gasteiger partial charge is 0.475 e. The lowest BCUT2D eigenvalue weighted by molar-refractivity contribution is -0.193. The van der Waals surface area contributed by atoms with E-state index < -0.39 is 36.2 Å². The van der Waals surface area contributed by atoms with Gasteiger partial charge in [0.25, 0.3) is 5.91 Å². The molecule has 0 radical (unpaired) electrons. The molecule has 0 spiro atoms. The van der Waals surface area contributed by atoms with Gasteiger partial charge in [0.2, 0.25) is 5.95 Å². The lowest BCUT2D eigenvalue weighted by Crippen LogP contribution is -2.43. The summed E-state index contributed by atoms with van der Waals surface area (Å²) in [6.07, 6.45) is -5.08. The summed E-state index contributed by atoms with van der Waals surface area (Å²) in [6, 6.07) is 3.62. The van der Waals surface area contributed by atoms with Crippen molar-refractivity contribution < 1.29 is 60.1 Å². The quantitative estimate of drug-likeness (QED) is 0.458. The zero-order valence-corrected chi connectivity index (χ0v) is 20.4. The zero-order valence-electron chi connectivity index (χ0n) is 20.4. The van der Waals surface area contributed by atoms with Crippen molar-refractivity contribution in [1.29, 1.82) is 0 Å². The predicted molar refractivity (Wildman–Crippen MR) is 121 cm³/mol. The van der Waals surface area contributed by atoms with E-state index in [1.807, 2.05) is 17.9 Å². The number of ether oxygens (including phenoxy) is 1. The van der Waals surface area contributed by atoms with E-state index in [0.717, 1.165) is 31.1 Å². The molecule has 2 saturated heterocycles. The van der Waals surface area contributed by atoms with Crippen molar-refractivity contribution >= 4 is 29.5 Å². The Morgan fingerprint density at radius 2 is 1.57 bits per heavy atom. The largest absolute Gasteiger partial charge is 0.490 e. The standard InChI is InChI=1S/C18H20FN5O2.2C2HF3O2/c1-11-14(3-2-5-20-11)23-17(25)15-7-12-4-6-24(10-16(12)26-15)18-21-8-13(19)9-22-18;2*3-2(4,5)1(6)7/h2-3,5,8-9,12,15-16H,4,6-7,10H2,1H3,(H,23,25);2*(H,6,7)/t12-,15+,16-;;/m0../s1. The number of carbonyl (C=O) groups excluding carboxylic acids is 1. The number of alkyl halides is 6. The summed E-state index contributed by atoms with van der Waals surface area (Å²) < 4.78 is 82.5.